The van der Waals surface area contributed by atoms with Gasteiger partial charge in [-0.3, -0.25) is 4.79 Å². The van der Waals surface area contributed by atoms with Crippen molar-refractivity contribution in [2.75, 3.05) is 6.54 Å². The van der Waals surface area contributed by atoms with Gasteiger partial charge in [-0.05, 0) is 31.9 Å². The third-order valence-electron chi connectivity index (χ3n) is 2.14. The van der Waals surface area contributed by atoms with Gasteiger partial charge in [0.25, 0.3) is 5.91 Å². The minimum atomic E-state index is -0.354. The van der Waals surface area contributed by atoms with Crippen LogP contribution < -0.4 is 5.32 Å². The molecule has 0 aliphatic heterocycles. The van der Waals surface area contributed by atoms with Crippen LogP contribution in [0.1, 0.15) is 30.1 Å². The highest BCUT2D eigenvalue weighted by Gasteiger charge is 2.11. The largest absolute Gasteiger partial charge is 0.393 e. The summed E-state index contributed by atoms with van der Waals surface area (Å²) >= 11 is 11.4. The molecular weight excluding hydrogens is 263 g/mol. The Kier molecular flexibility index (Phi) is 5.68. The molecule has 0 fully saturated rings. The highest BCUT2D eigenvalue weighted by molar-refractivity contribution is 6.34. The molecule has 1 rings (SSSR count). The topological polar surface area (TPSA) is 62.2 Å². The van der Waals surface area contributed by atoms with Gasteiger partial charge in [-0.25, -0.2) is 4.98 Å². The van der Waals surface area contributed by atoms with E-state index in [4.69, 9.17) is 28.3 Å². The van der Waals surface area contributed by atoms with E-state index in [2.05, 4.69) is 10.3 Å². The minimum Gasteiger partial charge on any atom is -0.393 e. The van der Waals surface area contributed by atoms with Gasteiger partial charge in [0, 0.05) is 6.54 Å². The molecule has 2 N–H and O–H groups in total. The Morgan fingerprint density at radius 2 is 2.24 bits per heavy atom. The molecule has 0 saturated carbocycles. The van der Waals surface area contributed by atoms with Gasteiger partial charge in [0.1, 0.15) is 10.3 Å². The molecule has 1 unspecified atom stereocenters. The van der Waals surface area contributed by atoms with Crippen LogP contribution in [0.2, 0.25) is 10.3 Å². The van der Waals surface area contributed by atoms with E-state index in [1.807, 2.05) is 0 Å². The van der Waals surface area contributed by atoms with Gasteiger partial charge in [-0.1, -0.05) is 23.2 Å². The van der Waals surface area contributed by atoms with Gasteiger partial charge >= 0.3 is 0 Å². The first-order chi connectivity index (χ1) is 8.00. The summed E-state index contributed by atoms with van der Waals surface area (Å²) in [6.07, 6.45) is 1.00. The fourth-order valence-corrected chi connectivity index (χ4v) is 1.71. The van der Waals surface area contributed by atoms with E-state index in [9.17, 15) is 4.79 Å². The summed E-state index contributed by atoms with van der Waals surface area (Å²) in [4.78, 5) is 15.5. The first kappa shape index (κ1) is 14.2. The van der Waals surface area contributed by atoms with Crippen molar-refractivity contribution < 1.29 is 9.90 Å². The van der Waals surface area contributed by atoms with Crippen LogP contribution in [0.3, 0.4) is 0 Å². The first-order valence-electron chi connectivity index (χ1n) is 5.29. The molecule has 6 heteroatoms. The molecule has 0 saturated heterocycles. The van der Waals surface area contributed by atoms with E-state index in [0.29, 0.717) is 24.9 Å². The number of pyridine rings is 1. The van der Waals surface area contributed by atoms with E-state index in [1.54, 1.807) is 6.92 Å². The maximum absolute atomic E-state index is 11.7. The number of aliphatic hydroxyl groups excluding tert-OH is 1. The van der Waals surface area contributed by atoms with Gasteiger partial charge in [0.15, 0.2) is 0 Å². The summed E-state index contributed by atoms with van der Waals surface area (Å²) in [6, 6.07) is 3.04. The Morgan fingerprint density at radius 1 is 1.53 bits per heavy atom. The summed E-state index contributed by atoms with van der Waals surface area (Å²) in [5, 5.41) is 12.1. The normalized spacial score (nSPS) is 12.2. The number of aliphatic hydroxyl groups is 1. The van der Waals surface area contributed by atoms with Crippen molar-refractivity contribution >= 4 is 29.1 Å². The van der Waals surface area contributed by atoms with Crippen LogP contribution in [-0.2, 0) is 0 Å². The third-order valence-corrected chi connectivity index (χ3v) is 2.64. The molecule has 4 nitrogen and oxygen atoms in total. The fraction of sp³-hybridized carbons (Fsp3) is 0.455. The molecule has 1 amide bonds. The number of hydrogen-bond donors (Lipinski definition) is 2. The molecule has 0 aliphatic carbocycles. The number of halogens is 2. The lowest BCUT2D eigenvalue weighted by Gasteiger charge is -2.07. The van der Waals surface area contributed by atoms with Gasteiger partial charge in [0.2, 0.25) is 0 Å². The molecular formula is C11H14Cl2N2O2. The average Bonchev–Trinajstić information content (AvgIpc) is 2.23. The number of carbonyl (C=O) groups is 1. The maximum Gasteiger partial charge on any atom is 0.254 e. The highest BCUT2D eigenvalue weighted by atomic mass is 35.5. The summed E-state index contributed by atoms with van der Waals surface area (Å²) < 4.78 is 0. The van der Waals surface area contributed by atoms with Crippen molar-refractivity contribution in [2.24, 2.45) is 0 Å². The zero-order valence-electron chi connectivity index (χ0n) is 9.41. The van der Waals surface area contributed by atoms with Crippen molar-refractivity contribution in [3.05, 3.63) is 28.0 Å². The standard InChI is InChI=1S/C11H14Cl2N2O2/c1-7(16)3-2-6-14-11(17)8-4-5-9(12)15-10(8)13/h4-5,7,16H,2-3,6H2,1H3,(H,14,17). The van der Waals surface area contributed by atoms with Gasteiger partial charge in [0.05, 0.1) is 11.7 Å². The smallest absolute Gasteiger partial charge is 0.254 e. The maximum atomic E-state index is 11.7. The lowest BCUT2D eigenvalue weighted by atomic mass is 10.2. The Bertz CT molecular complexity index is 397. The van der Waals surface area contributed by atoms with Crippen molar-refractivity contribution in [1.29, 1.82) is 0 Å². The molecule has 94 valence electrons. The highest BCUT2D eigenvalue weighted by Crippen LogP contribution is 2.16. The zero-order chi connectivity index (χ0) is 12.8. The SMILES string of the molecule is CC(O)CCCNC(=O)c1ccc(Cl)nc1Cl. The number of nitrogens with zero attached hydrogens (tertiary/aromatic N) is 1. The second kappa shape index (κ2) is 6.79. The zero-order valence-corrected chi connectivity index (χ0v) is 10.9. The molecule has 1 aromatic rings. The monoisotopic (exact) mass is 276 g/mol. The van der Waals surface area contributed by atoms with E-state index in [-0.39, 0.29) is 22.3 Å². The molecule has 1 heterocycles. The quantitative estimate of drug-likeness (QED) is 0.641. The molecule has 0 aromatic carbocycles. The van der Waals surface area contributed by atoms with Crippen molar-refractivity contribution in [1.82, 2.24) is 10.3 Å². The lowest BCUT2D eigenvalue weighted by molar-refractivity contribution is 0.0949. The molecule has 0 radical (unpaired) electrons. The Hall–Kier alpha value is -0.840. The summed E-state index contributed by atoms with van der Waals surface area (Å²) in [6.45, 7) is 2.20. The minimum absolute atomic E-state index is 0.0885. The Labute approximate surface area is 110 Å². The fourth-order valence-electron chi connectivity index (χ4n) is 1.28. The van der Waals surface area contributed by atoms with E-state index >= 15 is 0 Å². The summed E-state index contributed by atoms with van der Waals surface area (Å²) in [7, 11) is 0. The van der Waals surface area contributed by atoms with Crippen LogP contribution in [0.4, 0.5) is 0 Å². The molecule has 1 atom stereocenters. The Balaban J connectivity index is 2.47. The molecule has 1 aromatic heterocycles. The summed E-state index contributed by atoms with van der Waals surface area (Å²) in [5.41, 5.74) is 0.299. The summed E-state index contributed by atoms with van der Waals surface area (Å²) in [5.74, 6) is -0.287. The number of hydrogen-bond acceptors (Lipinski definition) is 3. The lowest BCUT2D eigenvalue weighted by Crippen LogP contribution is -2.25. The second-order valence-corrected chi connectivity index (χ2v) is 4.46. The Morgan fingerprint density at radius 3 is 2.82 bits per heavy atom. The van der Waals surface area contributed by atoms with Crippen LogP contribution in [0.15, 0.2) is 12.1 Å². The van der Waals surface area contributed by atoms with E-state index < -0.39 is 0 Å². The first-order valence-corrected chi connectivity index (χ1v) is 6.04. The third kappa shape index (κ3) is 4.89. The van der Waals surface area contributed by atoms with Crippen molar-refractivity contribution in [3.63, 3.8) is 0 Å². The average molecular weight is 277 g/mol. The number of aromatic nitrogens is 1. The van der Waals surface area contributed by atoms with Crippen LogP contribution in [0.25, 0.3) is 0 Å². The predicted molar refractivity (Wildman–Crippen MR) is 67.5 cm³/mol. The molecule has 0 aliphatic rings. The van der Waals surface area contributed by atoms with Crippen molar-refractivity contribution in [2.45, 2.75) is 25.9 Å². The van der Waals surface area contributed by atoms with Gasteiger partial charge in [-0.15, -0.1) is 0 Å². The van der Waals surface area contributed by atoms with Crippen LogP contribution in [0, 0.1) is 0 Å². The number of amides is 1. The number of rotatable bonds is 5. The van der Waals surface area contributed by atoms with Crippen LogP contribution in [-0.4, -0.2) is 28.6 Å². The van der Waals surface area contributed by atoms with Crippen LogP contribution in [0.5, 0.6) is 0 Å². The predicted octanol–water partition coefficient (Wildman–Crippen LogP) is 2.28. The van der Waals surface area contributed by atoms with Gasteiger partial charge in [-0.2, -0.15) is 0 Å². The molecule has 17 heavy (non-hydrogen) atoms. The van der Waals surface area contributed by atoms with Gasteiger partial charge < -0.3 is 10.4 Å². The second-order valence-electron chi connectivity index (χ2n) is 3.72. The van der Waals surface area contributed by atoms with Crippen LogP contribution >= 0.6 is 23.2 Å². The molecule has 0 bridgehead atoms. The molecule has 0 spiro atoms. The van der Waals surface area contributed by atoms with Crippen molar-refractivity contribution in [3.8, 4) is 0 Å². The van der Waals surface area contributed by atoms with E-state index in [0.717, 1.165) is 0 Å². The number of carbonyl (C=O) groups excluding carboxylic acids is 1. The number of nitrogens with one attached hydrogen (secondary N) is 1. The van der Waals surface area contributed by atoms with E-state index in [1.165, 1.54) is 12.1 Å².